The lowest BCUT2D eigenvalue weighted by Crippen LogP contribution is -2.27. The zero-order chi connectivity index (χ0) is 9.68. The Morgan fingerprint density at radius 1 is 1.38 bits per heavy atom. The third-order valence-corrected chi connectivity index (χ3v) is 2.09. The number of thiol groups is 1. The largest absolute Gasteiger partial charge is 0.341 e. The summed E-state index contributed by atoms with van der Waals surface area (Å²) in [5, 5.41) is 0. The van der Waals surface area contributed by atoms with Gasteiger partial charge in [0.1, 0.15) is 0 Å². The SMILES string of the molecule is CN(Cc1ccccc1)C(=O)CS. The molecule has 0 fully saturated rings. The van der Waals surface area contributed by atoms with E-state index in [1.807, 2.05) is 30.3 Å². The number of amides is 1. The zero-order valence-electron chi connectivity index (χ0n) is 7.60. The standard InChI is InChI=1S/C10H13NOS/c1-11(10(12)8-13)7-9-5-3-2-4-6-9/h2-6,13H,7-8H2,1H3. The number of nitrogens with zero attached hydrogens (tertiary/aromatic N) is 1. The number of carbonyl (C=O) groups is 1. The van der Waals surface area contributed by atoms with Gasteiger partial charge in [0, 0.05) is 13.6 Å². The second-order valence-corrected chi connectivity index (χ2v) is 3.21. The number of hydrogen-bond acceptors (Lipinski definition) is 2. The van der Waals surface area contributed by atoms with Gasteiger partial charge < -0.3 is 4.90 Å². The summed E-state index contributed by atoms with van der Waals surface area (Å²) in [6, 6.07) is 9.90. The molecule has 1 aromatic carbocycles. The summed E-state index contributed by atoms with van der Waals surface area (Å²) in [6.07, 6.45) is 0. The van der Waals surface area contributed by atoms with Gasteiger partial charge in [0.15, 0.2) is 0 Å². The summed E-state index contributed by atoms with van der Waals surface area (Å²) < 4.78 is 0. The first-order chi connectivity index (χ1) is 6.24. The van der Waals surface area contributed by atoms with Gasteiger partial charge in [0.05, 0.1) is 5.75 Å². The van der Waals surface area contributed by atoms with Crippen LogP contribution in [-0.2, 0) is 11.3 Å². The van der Waals surface area contributed by atoms with E-state index in [2.05, 4.69) is 12.6 Å². The third kappa shape index (κ3) is 3.11. The first kappa shape index (κ1) is 10.1. The Hall–Kier alpha value is -0.960. The van der Waals surface area contributed by atoms with Crippen LogP contribution in [0.25, 0.3) is 0 Å². The molecule has 0 saturated carbocycles. The van der Waals surface area contributed by atoms with Gasteiger partial charge in [-0.15, -0.1) is 0 Å². The lowest BCUT2D eigenvalue weighted by molar-refractivity contribution is -0.127. The Kier molecular flexibility index (Phi) is 3.83. The van der Waals surface area contributed by atoms with E-state index >= 15 is 0 Å². The van der Waals surface area contributed by atoms with Crippen molar-refractivity contribution in [1.29, 1.82) is 0 Å². The van der Waals surface area contributed by atoms with Gasteiger partial charge >= 0.3 is 0 Å². The van der Waals surface area contributed by atoms with Crippen LogP contribution in [0.4, 0.5) is 0 Å². The van der Waals surface area contributed by atoms with Gasteiger partial charge in [-0.1, -0.05) is 30.3 Å². The molecular weight excluding hydrogens is 182 g/mol. The van der Waals surface area contributed by atoms with E-state index in [1.165, 1.54) is 0 Å². The van der Waals surface area contributed by atoms with E-state index in [0.29, 0.717) is 6.54 Å². The van der Waals surface area contributed by atoms with E-state index in [-0.39, 0.29) is 11.7 Å². The smallest absolute Gasteiger partial charge is 0.232 e. The molecular formula is C10H13NOS. The summed E-state index contributed by atoms with van der Waals surface area (Å²) in [6.45, 7) is 0.653. The molecule has 1 amide bonds. The number of rotatable bonds is 3. The molecule has 13 heavy (non-hydrogen) atoms. The average molecular weight is 195 g/mol. The molecule has 0 heterocycles. The van der Waals surface area contributed by atoms with Gasteiger partial charge in [-0.25, -0.2) is 0 Å². The van der Waals surface area contributed by atoms with Crippen LogP contribution in [0.2, 0.25) is 0 Å². The molecule has 0 atom stereocenters. The fourth-order valence-corrected chi connectivity index (χ4v) is 1.31. The van der Waals surface area contributed by atoms with Crippen molar-refractivity contribution >= 4 is 18.5 Å². The zero-order valence-corrected chi connectivity index (χ0v) is 8.50. The Morgan fingerprint density at radius 3 is 2.54 bits per heavy atom. The van der Waals surface area contributed by atoms with Crippen LogP contribution in [0.5, 0.6) is 0 Å². The second-order valence-electron chi connectivity index (χ2n) is 2.89. The van der Waals surface area contributed by atoms with E-state index in [0.717, 1.165) is 5.56 Å². The maximum absolute atomic E-state index is 11.2. The Bertz CT molecular complexity index is 274. The molecule has 1 aromatic rings. The van der Waals surface area contributed by atoms with Crippen molar-refractivity contribution in [3.8, 4) is 0 Å². The lowest BCUT2D eigenvalue weighted by Gasteiger charge is -2.15. The number of carbonyl (C=O) groups excluding carboxylic acids is 1. The lowest BCUT2D eigenvalue weighted by atomic mass is 10.2. The minimum atomic E-state index is 0.0483. The van der Waals surface area contributed by atoms with Crippen LogP contribution in [0, 0.1) is 0 Å². The minimum Gasteiger partial charge on any atom is -0.341 e. The average Bonchev–Trinajstić information content (AvgIpc) is 2.18. The van der Waals surface area contributed by atoms with Crippen LogP contribution < -0.4 is 0 Å². The molecule has 0 saturated heterocycles. The Balaban J connectivity index is 2.55. The van der Waals surface area contributed by atoms with Crippen LogP contribution in [0.3, 0.4) is 0 Å². The van der Waals surface area contributed by atoms with Crippen LogP contribution in [-0.4, -0.2) is 23.6 Å². The summed E-state index contributed by atoms with van der Waals surface area (Å²) in [5.74, 6) is 0.316. The fraction of sp³-hybridized carbons (Fsp3) is 0.300. The normalized spacial score (nSPS) is 9.69. The van der Waals surface area contributed by atoms with Crippen molar-refractivity contribution in [3.63, 3.8) is 0 Å². The number of hydrogen-bond donors (Lipinski definition) is 1. The van der Waals surface area contributed by atoms with Crippen molar-refractivity contribution in [3.05, 3.63) is 35.9 Å². The van der Waals surface area contributed by atoms with Gasteiger partial charge in [-0.2, -0.15) is 12.6 Å². The monoisotopic (exact) mass is 195 g/mol. The molecule has 70 valence electrons. The van der Waals surface area contributed by atoms with Crippen LogP contribution in [0.15, 0.2) is 30.3 Å². The van der Waals surface area contributed by atoms with Gasteiger partial charge in [0.2, 0.25) is 5.91 Å². The minimum absolute atomic E-state index is 0.0483. The summed E-state index contributed by atoms with van der Waals surface area (Å²) in [7, 11) is 1.78. The second kappa shape index (κ2) is 4.92. The molecule has 0 aliphatic heterocycles. The molecule has 0 unspecified atom stereocenters. The van der Waals surface area contributed by atoms with Crippen LogP contribution in [0.1, 0.15) is 5.56 Å². The van der Waals surface area contributed by atoms with Gasteiger partial charge in [0.25, 0.3) is 0 Å². The highest BCUT2D eigenvalue weighted by atomic mass is 32.1. The van der Waals surface area contributed by atoms with Crippen LogP contribution >= 0.6 is 12.6 Å². The van der Waals surface area contributed by atoms with E-state index in [9.17, 15) is 4.79 Å². The summed E-state index contributed by atoms with van der Waals surface area (Å²) in [4.78, 5) is 12.8. The summed E-state index contributed by atoms with van der Waals surface area (Å²) in [5.41, 5.74) is 1.14. The predicted octanol–water partition coefficient (Wildman–Crippen LogP) is 1.57. The highest BCUT2D eigenvalue weighted by Gasteiger charge is 2.05. The predicted molar refractivity (Wildman–Crippen MR) is 56.8 cm³/mol. The molecule has 3 heteroatoms. The Morgan fingerprint density at radius 2 is 2.00 bits per heavy atom. The molecule has 0 aromatic heterocycles. The highest BCUT2D eigenvalue weighted by Crippen LogP contribution is 2.02. The fourth-order valence-electron chi connectivity index (χ4n) is 1.07. The quantitative estimate of drug-likeness (QED) is 0.726. The van der Waals surface area contributed by atoms with Crippen molar-refractivity contribution in [2.75, 3.05) is 12.8 Å². The van der Waals surface area contributed by atoms with Crippen molar-refractivity contribution in [1.82, 2.24) is 4.90 Å². The first-order valence-corrected chi connectivity index (χ1v) is 4.76. The topological polar surface area (TPSA) is 20.3 Å². The molecule has 0 aliphatic carbocycles. The molecule has 2 nitrogen and oxygen atoms in total. The van der Waals surface area contributed by atoms with Crippen molar-refractivity contribution in [2.24, 2.45) is 0 Å². The third-order valence-electron chi connectivity index (χ3n) is 1.82. The summed E-state index contributed by atoms with van der Waals surface area (Å²) >= 11 is 3.93. The molecule has 0 bridgehead atoms. The van der Waals surface area contributed by atoms with Crippen molar-refractivity contribution in [2.45, 2.75) is 6.54 Å². The van der Waals surface area contributed by atoms with E-state index in [1.54, 1.807) is 11.9 Å². The number of benzene rings is 1. The van der Waals surface area contributed by atoms with Gasteiger partial charge in [-0.3, -0.25) is 4.79 Å². The van der Waals surface area contributed by atoms with E-state index < -0.39 is 0 Å². The molecule has 1 rings (SSSR count). The van der Waals surface area contributed by atoms with Gasteiger partial charge in [-0.05, 0) is 5.56 Å². The first-order valence-electron chi connectivity index (χ1n) is 4.13. The maximum atomic E-state index is 11.2. The Labute approximate surface area is 84.0 Å². The molecule has 0 aliphatic rings. The molecule has 0 spiro atoms. The highest BCUT2D eigenvalue weighted by molar-refractivity contribution is 7.81. The van der Waals surface area contributed by atoms with E-state index in [4.69, 9.17) is 0 Å². The van der Waals surface area contributed by atoms with Crippen molar-refractivity contribution < 1.29 is 4.79 Å². The molecule has 0 N–H and O–H groups in total. The molecule has 0 radical (unpaired) electrons. The maximum Gasteiger partial charge on any atom is 0.232 e.